The molecule has 1 aromatic carbocycles. The van der Waals surface area contributed by atoms with Crippen LogP contribution in [0.2, 0.25) is 0 Å². The molecule has 1 aliphatic heterocycles. The number of hydrogen-bond acceptors (Lipinski definition) is 3. The van der Waals surface area contributed by atoms with Gasteiger partial charge < -0.3 is 15.2 Å². The third kappa shape index (κ3) is 1.42. The summed E-state index contributed by atoms with van der Waals surface area (Å²) in [5, 5.41) is 0. The van der Waals surface area contributed by atoms with Gasteiger partial charge in [0, 0.05) is 18.1 Å². The molecule has 2 rings (SSSR count). The lowest BCUT2D eigenvalue weighted by molar-refractivity contribution is 0.0674. The Morgan fingerprint density at radius 3 is 2.67 bits per heavy atom. The Morgan fingerprint density at radius 1 is 1.40 bits per heavy atom. The summed E-state index contributed by atoms with van der Waals surface area (Å²) >= 11 is 0. The summed E-state index contributed by atoms with van der Waals surface area (Å²) in [5.41, 5.74) is 7.40. The van der Waals surface area contributed by atoms with Gasteiger partial charge in [-0.15, -0.1) is 0 Å². The standard InChI is InChI=1S/C11H13NO3/c1-5-4-8-10(15-7(3)14-8)6(2)9(5)11(12)13/h4,7H,1-3H3,(H2,12,13). The van der Waals surface area contributed by atoms with Crippen LogP contribution < -0.4 is 15.2 Å². The molecule has 0 aliphatic carbocycles. The van der Waals surface area contributed by atoms with Gasteiger partial charge in [0.2, 0.25) is 12.2 Å². The molecule has 1 amide bonds. The fourth-order valence-corrected chi connectivity index (χ4v) is 1.91. The summed E-state index contributed by atoms with van der Waals surface area (Å²) in [7, 11) is 0. The van der Waals surface area contributed by atoms with Crippen molar-refractivity contribution in [3.05, 3.63) is 22.8 Å². The van der Waals surface area contributed by atoms with E-state index < -0.39 is 5.91 Å². The lowest BCUT2D eigenvalue weighted by atomic mass is 10.0. The van der Waals surface area contributed by atoms with E-state index in [1.54, 1.807) is 13.0 Å². The van der Waals surface area contributed by atoms with Crippen molar-refractivity contribution in [2.75, 3.05) is 0 Å². The molecule has 1 heterocycles. The highest BCUT2D eigenvalue weighted by molar-refractivity contribution is 5.97. The predicted molar refractivity (Wildman–Crippen MR) is 55.2 cm³/mol. The number of fused-ring (bicyclic) bond motifs is 1. The normalized spacial score (nSPS) is 17.9. The van der Waals surface area contributed by atoms with Crippen molar-refractivity contribution in [1.29, 1.82) is 0 Å². The van der Waals surface area contributed by atoms with Gasteiger partial charge >= 0.3 is 0 Å². The van der Waals surface area contributed by atoms with E-state index in [0.29, 0.717) is 17.1 Å². The van der Waals surface area contributed by atoms with Crippen LogP contribution in [0.15, 0.2) is 6.07 Å². The van der Waals surface area contributed by atoms with Crippen LogP contribution in [0.1, 0.15) is 28.4 Å². The van der Waals surface area contributed by atoms with Crippen molar-refractivity contribution in [2.24, 2.45) is 5.73 Å². The summed E-state index contributed by atoms with van der Waals surface area (Å²) in [6.07, 6.45) is -0.304. The van der Waals surface area contributed by atoms with Crippen molar-refractivity contribution >= 4 is 5.91 Å². The van der Waals surface area contributed by atoms with Crippen molar-refractivity contribution in [3.63, 3.8) is 0 Å². The van der Waals surface area contributed by atoms with Crippen LogP contribution in [0.4, 0.5) is 0 Å². The third-order valence-electron chi connectivity index (χ3n) is 2.50. The molecule has 0 saturated carbocycles. The molecule has 15 heavy (non-hydrogen) atoms. The van der Waals surface area contributed by atoms with Gasteiger partial charge in [-0.2, -0.15) is 0 Å². The Bertz CT molecular complexity index is 440. The van der Waals surface area contributed by atoms with E-state index in [2.05, 4.69) is 0 Å². The lowest BCUT2D eigenvalue weighted by Gasteiger charge is -2.08. The number of carbonyl (C=O) groups is 1. The van der Waals surface area contributed by atoms with Gasteiger partial charge in [-0.25, -0.2) is 0 Å². The number of rotatable bonds is 1. The molecule has 80 valence electrons. The van der Waals surface area contributed by atoms with Gasteiger partial charge in [0.1, 0.15) is 0 Å². The van der Waals surface area contributed by atoms with E-state index in [0.717, 1.165) is 11.1 Å². The third-order valence-corrected chi connectivity index (χ3v) is 2.50. The first-order chi connectivity index (χ1) is 7.00. The first-order valence-electron chi connectivity index (χ1n) is 4.78. The molecule has 1 unspecified atom stereocenters. The molecule has 0 saturated heterocycles. The van der Waals surface area contributed by atoms with Crippen LogP contribution in [0, 0.1) is 13.8 Å². The van der Waals surface area contributed by atoms with Gasteiger partial charge in [0.25, 0.3) is 0 Å². The maximum Gasteiger partial charge on any atom is 0.249 e. The van der Waals surface area contributed by atoms with Gasteiger partial charge in [0.05, 0.1) is 0 Å². The lowest BCUT2D eigenvalue weighted by Crippen LogP contribution is -2.15. The van der Waals surface area contributed by atoms with Gasteiger partial charge in [-0.05, 0) is 25.5 Å². The highest BCUT2D eigenvalue weighted by Gasteiger charge is 2.26. The summed E-state index contributed by atoms with van der Waals surface area (Å²) in [6.45, 7) is 5.45. The van der Waals surface area contributed by atoms with E-state index in [4.69, 9.17) is 15.2 Å². The molecule has 1 aromatic rings. The topological polar surface area (TPSA) is 61.6 Å². The average molecular weight is 207 g/mol. The maximum atomic E-state index is 11.2. The van der Waals surface area contributed by atoms with E-state index >= 15 is 0 Å². The average Bonchev–Trinajstić information content (AvgIpc) is 2.45. The summed E-state index contributed by atoms with van der Waals surface area (Å²) in [4.78, 5) is 11.2. The molecular weight excluding hydrogens is 194 g/mol. The summed E-state index contributed by atoms with van der Waals surface area (Å²) < 4.78 is 10.9. The van der Waals surface area contributed by atoms with Crippen LogP contribution >= 0.6 is 0 Å². The molecule has 0 spiro atoms. The largest absolute Gasteiger partial charge is 0.451 e. The number of benzene rings is 1. The second-order valence-corrected chi connectivity index (χ2v) is 3.69. The Balaban J connectivity index is 2.63. The van der Waals surface area contributed by atoms with Gasteiger partial charge in [-0.3, -0.25) is 4.79 Å². The Labute approximate surface area is 88.0 Å². The maximum absolute atomic E-state index is 11.2. The zero-order valence-electron chi connectivity index (χ0n) is 8.96. The first kappa shape index (κ1) is 9.83. The van der Waals surface area contributed by atoms with E-state index in [1.807, 2.05) is 13.8 Å². The fraction of sp³-hybridized carbons (Fsp3) is 0.364. The zero-order valence-corrected chi connectivity index (χ0v) is 8.96. The molecule has 1 atom stereocenters. The Hall–Kier alpha value is -1.71. The predicted octanol–water partition coefficient (Wildman–Crippen LogP) is 1.52. The van der Waals surface area contributed by atoms with Crippen LogP contribution in [-0.4, -0.2) is 12.2 Å². The number of ether oxygens (including phenoxy) is 2. The number of aryl methyl sites for hydroxylation is 1. The minimum Gasteiger partial charge on any atom is -0.451 e. The molecular formula is C11H13NO3. The van der Waals surface area contributed by atoms with E-state index in [9.17, 15) is 4.79 Å². The quantitative estimate of drug-likeness (QED) is 0.759. The van der Waals surface area contributed by atoms with Crippen LogP contribution in [0.25, 0.3) is 0 Å². The van der Waals surface area contributed by atoms with Crippen molar-refractivity contribution in [1.82, 2.24) is 0 Å². The molecule has 0 radical (unpaired) electrons. The first-order valence-corrected chi connectivity index (χ1v) is 4.78. The second-order valence-electron chi connectivity index (χ2n) is 3.69. The smallest absolute Gasteiger partial charge is 0.249 e. The molecule has 4 heteroatoms. The van der Waals surface area contributed by atoms with Crippen LogP contribution in [0.3, 0.4) is 0 Å². The molecule has 0 bridgehead atoms. The van der Waals surface area contributed by atoms with E-state index in [1.165, 1.54) is 0 Å². The summed E-state index contributed by atoms with van der Waals surface area (Å²) in [5.74, 6) is 0.875. The minimum absolute atomic E-state index is 0.304. The molecule has 1 aliphatic rings. The summed E-state index contributed by atoms with van der Waals surface area (Å²) in [6, 6.07) is 1.78. The highest BCUT2D eigenvalue weighted by atomic mass is 16.7. The number of carbonyl (C=O) groups excluding carboxylic acids is 1. The Morgan fingerprint density at radius 2 is 2.07 bits per heavy atom. The highest BCUT2D eigenvalue weighted by Crippen LogP contribution is 2.40. The Kier molecular flexibility index (Phi) is 2.07. The minimum atomic E-state index is -0.434. The monoisotopic (exact) mass is 207 g/mol. The number of primary amides is 1. The van der Waals surface area contributed by atoms with Gasteiger partial charge in [-0.1, -0.05) is 0 Å². The second kappa shape index (κ2) is 3.15. The number of amides is 1. The fourth-order valence-electron chi connectivity index (χ4n) is 1.91. The SMILES string of the molecule is Cc1cc2c(c(C)c1C(N)=O)OC(C)O2. The van der Waals surface area contributed by atoms with Crippen molar-refractivity contribution < 1.29 is 14.3 Å². The molecule has 0 aromatic heterocycles. The number of nitrogens with two attached hydrogens (primary N) is 1. The van der Waals surface area contributed by atoms with Gasteiger partial charge in [0.15, 0.2) is 11.5 Å². The van der Waals surface area contributed by atoms with Crippen molar-refractivity contribution in [3.8, 4) is 11.5 Å². The van der Waals surface area contributed by atoms with Crippen molar-refractivity contribution in [2.45, 2.75) is 27.1 Å². The van der Waals surface area contributed by atoms with Crippen LogP contribution in [0.5, 0.6) is 11.5 Å². The molecule has 0 fully saturated rings. The molecule has 4 nitrogen and oxygen atoms in total. The number of hydrogen-bond donors (Lipinski definition) is 1. The van der Waals surface area contributed by atoms with Crippen LogP contribution in [-0.2, 0) is 0 Å². The zero-order chi connectivity index (χ0) is 11.2. The molecule has 2 N–H and O–H groups in total. The van der Waals surface area contributed by atoms with E-state index in [-0.39, 0.29) is 6.29 Å².